The van der Waals surface area contributed by atoms with Crippen molar-refractivity contribution in [3.8, 4) is 0 Å². The molecule has 0 aromatic carbocycles. The Bertz CT molecular complexity index is 631. The van der Waals surface area contributed by atoms with E-state index >= 15 is 0 Å². The van der Waals surface area contributed by atoms with Gasteiger partial charge in [0.15, 0.2) is 0 Å². The van der Waals surface area contributed by atoms with Crippen LogP contribution in [0.5, 0.6) is 0 Å². The van der Waals surface area contributed by atoms with Crippen LogP contribution < -0.4 is 10.2 Å². The van der Waals surface area contributed by atoms with Gasteiger partial charge in [-0.25, -0.2) is 9.97 Å². The lowest BCUT2D eigenvalue weighted by atomic mass is 10.00. The summed E-state index contributed by atoms with van der Waals surface area (Å²) in [5.41, 5.74) is 0.600. The average Bonchev–Trinajstić information content (AvgIpc) is 3.10. The van der Waals surface area contributed by atoms with Gasteiger partial charge in [-0.15, -0.1) is 0 Å². The maximum atomic E-state index is 12.2. The fraction of sp³-hybridized carbons (Fsp3) is 0.500. The standard InChI is InChI=1S/C16H22N6O/c1-12-4-8-21(9-5-12)16-17-10-14(11-18-16)20-15(23)13(2)22-7-3-6-19-22/h3,6-7,10-13H,4-5,8-9H2,1-2H3,(H,20,23). The minimum atomic E-state index is -0.381. The molecule has 0 spiro atoms. The Balaban J connectivity index is 1.60. The number of carbonyl (C=O) groups is 1. The lowest BCUT2D eigenvalue weighted by Crippen LogP contribution is -2.34. The van der Waals surface area contributed by atoms with Crippen molar-refractivity contribution in [1.29, 1.82) is 0 Å². The third kappa shape index (κ3) is 3.67. The summed E-state index contributed by atoms with van der Waals surface area (Å²) in [5, 5.41) is 6.90. The van der Waals surface area contributed by atoms with Crippen molar-refractivity contribution in [2.75, 3.05) is 23.3 Å². The number of anilines is 2. The van der Waals surface area contributed by atoms with E-state index in [1.807, 2.05) is 0 Å². The van der Waals surface area contributed by atoms with Crippen LogP contribution in [0.3, 0.4) is 0 Å². The predicted molar refractivity (Wildman–Crippen MR) is 88.2 cm³/mol. The predicted octanol–water partition coefficient (Wildman–Crippen LogP) is 2.11. The molecule has 1 unspecified atom stereocenters. The van der Waals surface area contributed by atoms with Crippen LogP contribution in [0.2, 0.25) is 0 Å². The molecule has 122 valence electrons. The lowest BCUT2D eigenvalue weighted by molar-refractivity contribution is -0.119. The summed E-state index contributed by atoms with van der Waals surface area (Å²) in [7, 11) is 0. The van der Waals surface area contributed by atoms with Gasteiger partial charge < -0.3 is 10.2 Å². The number of nitrogens with zero attached hydrogens (tertiary/aromatic N) is 5. The van der Waals surface area contributed by atoms with Crippen molar-refractivity contribution in [1.82, 2.24) is 19.7 Å². The molecule has 3 heterocycles. The van der Waals surface area contributed by atoms with Gasteiger partial charge in [-0.3, -0.25) is 9.48 Å². The molecule has 1 atom stereocenters. The third-order valence-corrected chi connectivity index (χ3v) is 4.27. The molecule has 23 heavy (non-hydrogen) atoms. The smallest absolute Gasteiger partial charge is 0.249 e. The summed E-state index contributed by atoms with van der Waals surface area (Å²) in [6.07, 6.45) is 9.08. The second-order valence-electron chi connectivity index (χ2n) is 6.09. The summed E-state index contributed by atoms with van der Waals surface area (Å²) >= 11 is 0. The molecule has 1 amide bonds. The van der Waals surface area contributed by atoms with Crippen LogP contribution in [0.15, 0.2) is 30.9 Å². The van der Waals surface area contributed by atoms with Gasteiger partial charge >= 0.3 is 0 Å². The first kappa shape index (κ1) is 15.5. The molecule has 7 nitrogen and oxygen atoms in total. The maximum Gasteiger partial charge on any atom is 0.249 e. The molecule has 1 saturated heterocycles. The van der Waals surface area contributed by atoms with Crippen molar-refractivity contribution >= 4 is 17.5 Å². The minimum Gasteiger partial charge on any atom is -0.341 e. The topological polar surface area (TPSA) is 75.9 Å². The summed E-state index contributed by atoms with van der Waals surface area (Å²) in [5.74, 6) is 1.36. The molecule has 0 aliphatic carbocycles. The number of carbonyl (C=O) groups excluding carboxylic acids is 1. The summed E-state index contributed by atoms with van der Waals surface area (Å²) < 4.78 is 1.61. The van der Waals surface area contributed by atoms with Gasteiger partial charge in [0.2, 0.25) is 11.9 Å². The molecule has 0 radical (unpaired) electrons. The Labute approximate surface area is 135 Å². The molecular weight excluding hydrogens is 292 g/mol. The monoisotopic (exact) mass is 314 g/mol. The number of hydrogen-bond donors (Lipinski definition) is 1. The number of piperidine rings is 1. The Hall–Kier alpha value is -2.44. The van der Waals surface area contributed by atoms with Crippen LogP contribution in [0.1, 0.15) is 32.7 Å². The van der Waals surface area contributed by atoms with Gasteiger partial charge in [-0.2, -0.15) is 5.10 Å². The van der Waals surface area contributed by atoms with Crippen molar-refractivity contribution in [2.45, 2.75) is 32.7 Å². The zero-order valence-corrected chi connectivity index (χ0v) is 13.5. The number of nitrogens with one attached hydrogen (secondary N) is 1. The van der Waals surface area contributed by atoms with Crippen LogP contribution in [0.25, 0.3) is 0 Å². The van der Waals surface area contributed by atoms with E-state index in [0.717, 1.165) is 25.0 Å². The van der Waals surface area contributed by atoms with Crippen LogP contribution in [-0.4, -0.2) is 38.7 Å². The van der Waals surface area contributed by atoms with E-state index < -0.39 is 0 Å². The molecular formula is C16H22N6O. The highest BCUT2D eigenvalue weighted by molar-refractivity contribution is 5.93. The van der Waals surface area contributed by atoms with E-state index in [2.05, 4.69) is 32.2 Å². The number of hydrogen-bond acceptors (Lipinski definition) is 5. The zero-order chi connectivity index (χ0) is 16.2. The lowest BCUT2D eigenvalue weighted by Gasteiger charge is -2.30. The normalized spacial score (nSPS) is 17.0. The van der Waals surface area contributed by atoms with Gasteiger partial charge in [-0.05, 0) is 31.7 Å². The molecule has 2 aromatic heterocycles. The molecule has 1 N–H and O–H groups in total. The first-order valence-corrected chi connectivity index (χ1v) is 8.00. The molecule has 1 aliphatic heterocycles. The Morgan fingerprint density at radius 1 is 1.30 bits per heavy atom. The van der Waals surface area contributed by atoms with E-state index in [1.165, 1.54) is 12.8 Å². The third-order valence-electron chi connectivity index (χ3n) is 4.27. The Morgan fingerprint density at radius 2 is 2.00 bits per heavy atom. The van der Waals surface area contributed by atoms with E-state index in [1.54, 1.807) is 42.5 Å². The summed E-state index contributed by atoms with van der Waals surface area (Å²) in [6, 6.07) is 1.41. The zero-order valence-electron chi connectivity index (χ0n) is 13.5. The van der Waals surface area contributed by atoms with Gasteiger partial charge in [0, 0.05) is 25.5 Å². The molecule has 1 fully saturated rings. The SMILES string of the molecule is CC1CCN(c2ncc(NC(=O)C(C)n3cccn3)cn2)CC1. The van der Waals surface area contributed by atoms with Crippen molar-refractivity contribution in [3.05, 3.63) is 30.9 Å². The van der Waals surface area contributed by atoms with E-state index in [-0.39, 0.29) is 11.9 Å². The van der Waals surface area contributed by atoms with E-state index in [9.17, 15) is 4.79 Å². The quantitative estimate of drug-likeness (QED) is 0.935. The van der Waals surface area contributed by atoms with Gasteiger partial charge in [-0.1, -0.05) is 6.92 Å². The number of aromatic nitrogens is 4. The van der Waals surface area contributed by atoms with Crippen molar-refractivity contribution < 1.29 is 4.79 Å². The van der Waals surface area contributed by atoms with E-state index in [0.29, 0.717) is 5.69 Å². The Morgan fingerprint density at radius 3 is 2.61 bits per heavy atom. The van der Waals surface area contributed by atoms with E-state index in [4.69, 9.17) is 0 Å². The van der Waals surface area contributed by atoms with Crippen molar-refractivity contribution in [2.24, 2.45) is 5.92 Å². The first-order valence-electron chi connectivity index (χ1n) is 8.00. The molecule has 3 rings (SSSR count). The second kappa shape index (κ2) is 6.76. The fourth-order valence-corrected chi connectivity index (χ4v) is 2.63. The highest BCUT2D eigenvalue weighted by atomic mass is 16.2. The molecule has 2 aromatic rings. The second-order valence-corrected chi connectivity index (χ2v) is 6.09. The summed E-state index contributed by atoms with van der Waals surface area (Å²) in [6.45, 7) is 6.05. The van der Waals surface area contributed by atoms with Crippen LogP contribution in [0.4, 0.5) is 11.6 Å². The Kier molecular flexibility index (Phi) is 4.55. The maximum absolute atomic E-state index is 12.2. The van der Waals surface area contributed by atoms with Gasteiger partial charge in [0.05, 0.1) is 18.1 Å². The highest BCUT2D eigenvalue weighted by Gasteiger charge is 2.19. The van der Waals surface area contributed by atoms with Gasteiger partial charge in [0.25, 0.3) is 0 Å². The minimum absolute atomic E-state index is 0.142. The molecule has 7 heteroatoms. The largest absolute Gasteiger partial charge is 0.341 e. The fourth-order valence-electron chi connectivity index (χ4n) is 2.63. The average molecular weight is 314 g/mol. The van der Waals surface area contributed by atoms with Crippen LogP contribution in [-0.2, 0) is 4.79 Å². The van der Waals surface area contributed by atoms with Crippen LogP contribution >= 0.6 is 0 Å². The summed E-state index contributed by atoms with van der Waals surface area (Å²) in [4.78, 5) is 23.1. The molecule has 0 bridgehead atoms. The van der Waals surface area contributed by atoms with Crippen molar-refractivity contribution in [3.63, 3.8) is 0 Å². The van der Waals surface area contributed by atoms with Gasteiger partial charge in [0.1, 0.15) is 6.04 Å². The highest BCUT2D eigenvalue weighted by Crippen LogP contribution is 2.20. The molecule has 0 saturated carbocycles. The number of rotatable bonds is 4. The first-order chi connectivity index (χ1) is 11.1. The molecule has 1 aliphatic rings. The van der Waals surface area contributed by atoms with Crippen LogP contribution in [0, 0.1) is 5.92 Å². The number of amides is 1.